The molecule has 0 amide bonds. The Bertz CT molecular complexity index is 870. The molecular formula is C21H18N2O. The molecule has 0 bridgehead atoms. The third kappa shape index (κ3) is 2.88. The van der Waals surface area contributed by atoms with Crippen LogP contribution in [0.4, 0.5) is 11.4 Å². The minimum absolute atomic E-state index is 0.155. The number of para-hydroxylation sites is 2. The lowest BCUT2D eigenvalue weighted by atomic mass is 9.97. The fourth-order valence-electron chi connectivity index (χ4n) is 3.04. The predicted molar refractivity (Wildman–Crippen MR) is 98.2 cm³/mol. The second kappa shape index (κ2) is 6.20. The molecule has 0 radical (unpaired) electrons. The number of phenolic OH excluding ortho intramolecular Hbond substituents is 1. The molecule has 3 aromatic rings. The van der Waals surface area contributed by atoms with Crippen molar-refractivity contribution in [1.82, 2.24) is 0 Å². The van der Waals surface area contributed by atoms with Gasteiger partial charge in [-0.3, -0.25) is 4.99 Å². The van der Waals surface area contributed by atoms with Crippen molar-refractivity contribution in [2.75, 3.05) is 5.32 Å². The number of hydrogen-bond acceptors (Lipinski definition) is 3. The lowest BCUT2D eigenvalue weighted by molar-refractivity contribution is 0.475. The summed E-state index contributed by atoms with van der Waals surface area (Å²) >= 11 is 0. The Labute approximate surface area is 141 Å². The van der Waals surface area contributed by atoms with Crippen molar-refractivity contribution < 1.29 is 5.11 Å². The summed E-state index contributed by atoms with van der Waals surface area (Å²) in [6.07, 6.45) is 0.781. The standard InChI is InChI=1S/C21H18N2O/c24-17-12-10-16(11-13-17)21-14-20(15-6-2-1-3-7-15)22-18-8-4-5-9-19(18)23-21/h1-13,20,22,24H,14H2/t20-/m0/s1. The summed E-state index contributed by atoms with van der Waals surface area (Å²) in [5.41, 5.74) is 5.27. The summed E-state index contributed by atoms with van der Waals surface area (Å²) in [5, 5.41) is 13.2. The molecule has 1 aliphatic rings. The highest BCUT2D eigenvalue weighted by molar-refractivity contribution is 6.04. The second-order valence-electron chi connectivity index (χ2n) is 5.93. The first-order valence-electron chi connectivity index (χ1n) is 8.07. The average Bonchev–Trinajstić information content (AvgIpc) is 2.83. The molecule has 24 heavy (non-hydrogen) atoms. The van der Waals surface area contributed by atoms with Gasteiger partial charge in [-0.15, -0.1) is 0 Å². The zero-order chi connectivity index (χ0) is 16.4. The van der Waals surface area contributed by atoms with E-state index in [2.05, 4.69) is 35.6 Å². The fraction of sp³-hybridized carbons (Fsp3) is 0.0952. The third-order valence-corrected chi connectivity index (χ3v) is 4.29. The van der Waals surface area contributed by atoms with Gasteiger partial charge in [-0.2, -0.15) is 0 Å². The number of nitrogens with one attached hydrogen (secondary N) is 1. The first-order valence-corrected chi connectivity index (χ1v) is 8.07. The van der Waals surface area contributed by atoms with E-state index in [0.717, 1.165) is 29.1 Å². The maximum Gasteiger partial charge on any atom is 0.115 e. The van der Waals surface area contributed by atoms with Crippen LogP contribution in [0, 0.1) is 0 Å². The van der Waals surface area contributed by atoms with Crippen molar-refractivity contribution in [3.63, 3.8) is 0 Å². The van der Waals surface area contributed by atoms with E-state index in [0.29, 0.717) is 0 Å². The highest BCUT2D eigenvalue weighted by Gasteiger charge is 2.20. The van der Waals surface area contributed by atoms with Gasteiger partial charge in [0, 0.05) is 6.42 Å². The lowest BCUT2D eigenvalue weighted by Gasteiger charge is -2.19. The van der Waals surface area contributed by atoms with E-state index in [1.54, 1.807) is 12.1 Å². The number of benzene rings is 3. The Kier molecular flexibility index (Phi) is 3.75. The molecule has 0 aliphatic carbocycles. The number of anilines is 1. The molecule has 0 saturated heterocycles. The smallest absolute Gasteiger partial charge is 0.115 e. The van der Waals surface area contributed by atoms with Gasteiger partial charge in [-0.05, 0) is 47.5 Å². The Hall–Kier alpha value is -3.07. The summed E-state index contributed by atoms with van der Waals surface area (Å²) in [6.45, 7) is 0. The Morgan fingerprint density at radius 2 is 1.54 bits per heavy atom. The van der Waals surface area contributed by atoms with Gasteiger partial charge in [0.1, 0.15) is 5.75 Å². The van der Waals surface area contributed by atoms with Crippen LogP contribution < -0.4 is 5.32 Å². The largest absolute Gasteiger partial charge is 0.508 e. The molecule has 3 aromatic carbocycles. The topological polar surface area (TPSA) is 44.6 Å². The van der Waals surface area contributed by atoms with Crippen LogP contribution in [0.15, 0.2) is 83.9 Å². The Balaban J connectivity index is 1.80. The van der Waals surface area contributed by atoms with Crippen LogP contribution in [0.25, 0.3) is 0 Å². The first-order chi connectivity index (χ1) is 11.8. The van der Waals surface area contributed by atoms with E-state index in [1.165, 1.54) is 5.56 Å². The van der Waals surface area contributed by atoms with Gasteiger partial charge >= 0.3 is 0 Å². The normalized spacial score (nSPS) is 16.5. The molecule has 0 unspecified atom stereocenters. The second-order valence-corrected chi connectivity index (χ2v) is 5.93. The van der Waals surface area contributed by atoms with Gasteiger partial charge < -0.3 is 10.4 Å². The molecule has 0 fully saturated rings. The highest BCUT2D eigenvalue weighted by atomic mass is 16.3. The number of nitrogens with zero attached hydrogens (tertiary/aromatic N) is 1. The maximum absolute atomic E-state index is 9.55. The molecule has 0 spiro atoms. The van der Waals surface area contributed by atoms with Crippen LogP contribution in [-0.2, 0) is 0 Å². The van der Waals surface area contributed by atoms with E-state index in [9.17, 15) is 5.11 Å². The minimum atomic E-state index is 0.155. The molecule has 0 saturated carbocycles. The molecular weight excluding hydrogens is 296 g/mol. The number of phenols is 1. The number of fused-ring (bicyclic) bond motifs is 1. The molecule has 4 rings (SSSR count). The highest BCUT2D eigenvalue weighted by Crippen LogP contribution is 2.35. The first kappa shape index (κ1) is 14.5. The zero-order valence-corrected chi connectivity index (χ0v) is 13.2. The minimum Gasteiger partial charge on any atom is -0.508 e. The summed E-state index contributed by atoms with van der Waals surface area (Å²) in [6, 6.07) is 26.0. The zero-order valence-electron chi connectivity index (χ0n) is 13.2. The van der Waals surface area contributed by atoms with E-state index in [1.807, 2.05) is 36.4 Å². The quantitative estimate of drug-likeness (QED) is 0.693. The molecule has 0 aromatic heterocycles. The third-order valence-electron chi connectivity index (χ3n) is 4.29. The molecule has 2 N–H and O–H groups in total. The van der Waals surface area contributed by atoms with Crippen LogP contribution in [0.2, 0.25) is 0 Å². The molecule has 118 valence electrons. The van der Waals surface area contributed by atoms with E-state index in [-0.39, 0.29) is 11.8 Å². The monoisotopic (exact) mass is 314 g/mol. The predicted octanol–water partition coefficient (Wildman–Crippen LogP) is 5.07. The van der Waals surface area contributed by atoms with Crippen molar-refractivity contribution in [3.8, 4) is 5.75 Å². The van der Waals surface area contributed by atoms with E-state index < -0.39 is 0 Å². The van der Waals surface area contributed by atoms with Crippen molar-refractivity contribution in [3.05, 3.63) is 90.0 Å². The van der Waals surface area contributed by atoms with Crippen molar-refractivity contribution >= 4 is 17.1 Å². The van der Waals surface area contributed by atoms with Crippen LogP contribution in [0.3, 0.4) is 0 Å². The number of aliphatic imine (C=N–C) groups is 1. The summed E-state index contributed by atoms with van der Waals surface area (Å²) in [7, 11) is 0. The number of rotatable bonds is 2. The van der Waals surface area contributed by atoms with Crippen LogP contribution in [0.5, 0.6) is 5.75 Å². The van der Waals surface area contributed by atoms with Gasteiger partial charge in [-0.1, -0.05) is 42.5 Å². The van der Waals surface area contributed by atoms with Gasteiger partial charge in [0.15, 0.2) is 0 Å². The Morgan fingerprint density at radius 3 is 2.33 bits per heavy atom. The van der Waals surface area contributed by atoms with Gasteiger partial charge in [-0.25, -0.2) is 0 Å². The molecule has 3 heteroatoms. The summed E-state index contributed by atoms with van der Waals surface area (Å²) in [5.74, 6) is 0.270. The molecule has 3 nitrogen and oxygen atoms in total. The van der Waals surface area contributed by atoms with Gasteiger partial charge in [0.2, 0.25) is 0 Å². The number of hydrogen-bond donors (Lipinski definition) is 2. The summed E-state index contributed by atoms with van der Waals surface area (Å²) in [4.78, 5) is 4.89. The fourth-order valence-corrected chi connectivity index (χ4v) is 3.04. The van der Waals surface area contributed by atoms with Crippen molar-refractivity contribution in [2.24, 2.45) is 4.99 Å². The van der Waals surface area contributed by atoms with Crippen molar-refractivity contribution in [1.29, 1.82) is 0 Å². The molecule has 1 heterocycles. The summed E-state index contributed by atoms with van der Waals surface area (Å²) < 4.78 is 0. The lowest BCUT2D eigenvalue weighted by Crippen LogP contribution is -2.14. The van der Waals surface area contributed by atoms with Gasteiger partial charge in [0.25, 0.3) is 0 Å². The van der Waals surface area contributed by atoms with Crippen LogP contribution in [-0.4, -0.2) is 10.8 Å². The van der Waals surface area contributed by atoms with E-state index >= 15 is 0 Å². The van der Waals surface area contributed by atoms with Crippen LogP contribution in [0.1, 0.15) is 23.6 Å². The molecule has 1 atom stereocenters. The Morgan fingerprint density at radius 1 is 0.833 bits per heavy atom. The average molecular weight is 314 g/mol. The van der Waals surface area contributed by atoms with Crippen molar-refractivity contribution in [2.45, 2.75) is 12.5 Å². The molecule has 1 aliphatic heterocycles. The van der Waals surface area contributed by atoms with Crippen LogP contribution >= 0.6 is 0 Å². The van der Waals surface area contributed by atoms with Gasteiger partial charge in [0.05, 0.1) is 23.1 Å². The number of aromatic hydroxyl groups is 1. The maximum atomic E-state index is 9.55. The van der Waals surface area contributed by atoms with E-state index in [4.69, 9.17) is 4.99 Å². The SMILES string of the molecule is Oc1ccc(C2=Nc3ccccc3N[C@H](c3ccccc3)C2)cc1.